The third-order valence-corrected chi connectivity index (χ3v) is 2.15. The van der Waals surface area contributed by atoms with E-state index in [1.807, 2.05) is 0 Å². The third kappa shape index (κ3) is 2.18. The molecule has 1 rings (SSSR count). The van der Waals surface area contributed by atoms with Gasteiger partial charge in [0, 0.05) is 11.2 Å². The van der Waals surface area contributed by atoms with E-state index in [2.05, 4.69) is 12.6 Å². The third-order valence-electron chi connectivity index (χ3n) is 1.80. The Labute approximate surface area is 82.9 Å². The van der Waals surface area contributed by atoms with Crippen molar-refractivity contribution in [2.45, 2.75) is 5.75 Å². The Morgan fingerprint density at radius 2 is 2.15 bits per heavy atom. The number of thiol groups is 1. The van der Waals surface area contributed by atoms with Gasteiger partial charge in [-0.1, -0.05) is 12.1 Å². The number of methoxy groups -OCH3 is 1. The van der Waals surface area contributed by atoms with Gasteiger partial charge in [0.2, 0.25) is 0 Å². The Hall–Kier alpha value is -0.645. The predicted octanol–water partition coefficient (Wildman–Crippen LogP) is -0.195. The minimum atomic E-state index is -1.52. The zero-order chi connectivity index (χ0) is 9.84. The molecule has 0 radical (unpaired) electrons. The molecule has 0 saturated heterocycles. The van der Waals surface area contributed by atoms with Crippen LogP contribution in [0.3, 0.4) is 0 Å². The van der Waals surface area contributed by atoms with E-state index in [9.17, 15) is 0 Å². The van der Waals surface area contributed by atoms with Crippen molar-refractivity contribution in [2.24, 2.45) is 0 Å². The van der Waals surface area contributed by atoms with Crippen molar-refractivity contribution in [2.75, 3.05) is 7.11 Å². The van der Waals surface area contributed by atoms with Gasteiger partial charge in [-0.05, 0) is 11.6 Å². The molecule has 0 fully saturated rings. The van der Waals surface area contributed by atoms with Crippen molar-refractivity contribution >= 4 is 25.2 Å². The van der Waals surface area contributed by atoms with Crippen molar-refractivity contribution in [3.8, 4) is 5.75 Å². The highest BCUT2D eigenvalue weighted by atomic mass is 32.1. The fraction of sp³-hybridized carbons (Fsp3) is 0.250. The summed E-state index contributed by atoms with van der Waals surface area (Å²) in [5.74, 6) is 0.922. The summed E-state index contributed by atoms with van der Waals surface area (Å²) >= 11 is 4.08. The van der Waals surface area contributed by atoms with E-state index >= 15 is 0 Å². The first-order chi connectivity index (χ1) is 6.20. The fourth-order valence-corrected chi connectivity index (χ4v) is 1.47. The molecule has 70 valence electrons. The molecule has 0 heterocycles. The van der Waals surface area contributed by atoms with Gasteiger partial charge in [0.1, 0.15) is 5.75 Å². The van der Waals surface area contributed by atoms with Crippen molar-refractivity contribution in [1.29, 1.82) is 0 Å². The Balaban J connectivity index is 3.21. The minimum Gasteiger partial charge on any atom is -0.497 e. The van der Waals surface area contributed by atoms with Gasteiger partial charge in [0.15, 0.2) is 0 Å². The number of ether oxygens (including phenoxy) is 1. The molecule has 0 aliphatic heterocycles. The summed E-state index contributed by atoms with van der Waals surface area (Å²) in [6.45, 7) is 0. The van der Waals surface area contributed by atoms with Crippen LogP contribution in [0.15, 0.2) is 18.2 Å². The van der Waals surface area contributed by atoms with Crippen LogP contribution < -0.4 is 10.2 Å². The average molecular weight is 198 g/mol. The van der Waals surface area contributed by atoms with Crippen LogP contribution in [0.25, 0.3) is 0 Å². The Morgan fingerprint density at radius 1 is 1.46 bits per heavy atom. The number of benzene rings is 1. The summed E-state index contributed by atoms with van der Waals surface area (Å²) in [4.78, 5) is 0. The van der Waals surface area contributed by atoms with E-state index in [4.69, 9.17) is 14.8 Å². The van der Waals surface area contributed by atoms with Crippen molar-refractivity contribution < 1.29 is 14.8 Å². The molecule has 0 amide bonds. The second kappa shape index (κ2) is 4.55. The molecule has 0 bridgehead atoms. The lowest BCUT2D eigenvalue weighted by Crippen LogP contribution is -2.34. The highest BCUT2D eigenvalue weighted by Gasteiger charge is 2.20. The van der Waals surface area contributed by atoms with Crippen LogP contribution in [0.4, 0.5) is 0 Å². The predicted molar refractivity (Wildman–Crippen MR) is 55.5 cm³/mol. The second-order valence-electron chi connectivity index (χ2n) is 2.56. The van der Waals surface area contributed by atoms with Crippen molar-refractivity contribution in [3.63, 3.8) is 0 Å². The maximum absolute atomic E-state index is 9.09. The van der Waals surface area contributed by atoms with E-state index in [0.717, 1.165) is 5.56 Å². The smallest absolute Gasteiger partial charge is 0.492 e. The summed E-state index contributed by atoms with van der Waals surface area (Å²) in [6.07, 6.45) is 0. The van der Waals surface area contributed by atoms with E-state index < -0.39 is 7.12 Å². The van der Waals surface area contributed by atoms with E-state index in [0.29, 0.717) is 17.0 Å². The minimum absolute atomic E-state index is 0.389. The van der Waals surface area contributed by atoms with Crippen molar-refractivity contribution in [1.82, 2.24) is 0 Å². The van der Waals surface area contributed by atoms with Crippen LogP contribution in [-0.4, -0.2) is 24.3 Å². The largest absolute Gasteiger partial charge is 0.497 e. The maximum atomic E-state index is 9.09. The molecule has 1 aromatic carbocycles. The van der Waals surface area contributed by atoms with Crippen LogP contribution in [0.5, 0.6) is 5.75 Å². The van der Waals surface area contributed by atoms with Gasteiger partial charge in [0.05, 0.1) is 7.11 Å². The quantitative estimate of drug-likeness (QED) is 0.465. The monoisotopic (exact) mass is 198 g/mol. The van der Waals surface area contributed by atoms with Crippen LogP contribution >= 0.6 is 12.6 Å². The van der Waals surface area contributed by atoms with Gasteiger partial charge < -0.3 is 14.8 Å². The lowest BCUT2D eigenvalue weighted by atomic mass is 9.76. The standard InChI is InChI=1S/C8H11BO3S/c1-12-7-4-2-3-6(5-13)8(7)9(10)11/h2-4,10-11,13H,5H2,1H3. The molecule has 0 spiro atoms. The molecule has 2 N–H and O–H groups in total. The maximum Gasteiger partial charge on any atom is 0.492 e. The van der Waals surface area contributed by atoms with E-state index in [-0.39, 0.29) is 0 Å². The Morgan fingerprint density at radius 3 is 2.62 bits per heavy atom. The second-order valence-corrected chi connectivity index (χ2v) is 2.88. The van der Waals surface area contributed by atoms with Crippen LogP contribution in [0.2, 0.25) is 0 Å². The van der Waals surface area contributed by atoms with Gasteiger partial charge in [-0.3, -0.25) is 0 Å². The lowest BCUT2D eigenvalue weighted by Gasteiger charge is -2.11. The Bertz CT molecular complexity index is 268. The molecule has 0 saturated carbocycles. The number of rotatable bonds is 3. The highest BCUT2D eigenvalue weighted by Crippen LogP contribution is 2.12. The summed E-state index contributed by atoms with van der Waals surface area (Å²) in [5.41, 5.74) is 1.15. The topological polar surface area (TPSA) is 49.7 Å². The molecule has 13 heavy (non-hydrogen) atoms. The molecular formula is C8H11BO3S. The van der Waals surface area contributed by atoms with E-state index in [1.54, 1.807) is 18.2 Å². The summed E-state index contributed by atoms with van der Waals surface area (Å²) in [7, 11) is -0.0259. The zero-order valence-electron chi connectivity index (χ0n) is 7.27. The molecule has 0 aliphatic carbocycles. The van der Waals surface area contributed by atoms with Crippen molar-refractivity contribution in [3.05, 3.63) is 23.8 Å². The van der Waals surface area contributed by atoms with Gasteiger partial charge in [-0.15, -0.1) is 0 Å². The molecule has 1 aromatic rings. The summed E-state index contributed by atoms with van der Waals surface area (Å²) in [5, 5.41) is 18.2. The van der Waals surface area contributed by atoms with Gasteiger partial charge >= 0.3 is 7.12 Å². The van der Waals surface area contributed by atoms with Crippen LogP contribution in [0, 0.1) is 0 Å². The first-order valence-electron chi connectivity index (χ1n) is 3.83. The van der Waals surface area contributed by atoms with Gasteiger partial charge in [-0.2, -0.15) is 12.6 Å². The Kier molecular flexibility index (Phi) is 3.65. The van der Waals surface area contributed by atoms with Crippen LogP contribution in [-0.2, 0) is 5.75 Å². The van der Waals surface area contributed by atoms with Gasteiger partial charge in [-0.25, -0.2) is 0 Å². The number of hydrogen-bond donors (Lipinski definition) is 3. The summed E-state index contributed by atoms with van der Waals surface area (Å²) < 4.78 is 5.00. The molecule has 0 unspecified atom stereocenters. The molecular weight excluding hydrogens is 187 g/mol. The molecule has 0 aliphatic rings. The fourth-order valence-electron chi connectivity index (χ4n) is 1.20. The first kappa shape index (κ1) is 10.4. The van der Waals surface area contributed by atoms with Gasteiger partial charge in [0.25, 0.3) is 0 Å². The molecule has 5 heteroatoms. The summed E-state index contributed by atoms with van der Waals surface area (Å²) in [6, 6.07) is 5.25. The SMILES string of the molecule is COc1cccc(CS)c1B(O)O. The molecule has 0 aromatic heterocycles. The zero-order valence-corrected chi connectivity index (χ0v) is 8.16. The molecule has 3 nitrogen and oxygen atoms in total. The van der Waals surface area contributed by atoms with E-state index in [1.165, 1.54) is 7.11 Å². The average Bonchev–Trinajstić information content (AvgIpc) is 2.16. The normalized spacial score (nSPS) is 9.85. The molecule has 0 atom stereocenters. The first-order valence-corrected chi connectivity index (χ1v) is 4.46. The lowest BCUT2D eigenvalue weighted by molar-refractivity contribution is 0.403. The number of hydrogen-bond acceptors (Lipinski definition) is 4. The van der Waals surface area contributed by atoms with Crippen LogP contribution in [0.1, 0.15) is 5.56 Å². The highest BCUT2D eigenvalue weighted by molar-refractivity contribution is 7.79.